The van der Waals surface area contributed by atoms with Crippen LogP contribution in [-0.4, -0.2) is 6.61 Å². The van der Waals surface area contributed by atoms with Gasteiger partial charge in [0.05, 0.1) is 0 Å². The SMILES string of the molecule is c1ccc2cc(C3(c4ccc5ccccc5c4)CCCO3)ccc2c1. The summed E-state index contributed by atoms with van der Waals surface area (Å²) < 4.78 is 6.41. The minimum Gasteiger partial charge on any atom is -0.366 e. The Morgan fingerprint density at radius 2 is 1.12 bits per heavy atom. The van der Waals surface area contributed by atoms with E-state index in [4.69, 9.17) is 4.74 Å². The van der Waals surface area contributed by atoms with Crippen molar-refractivity contribution in [1.82, 2.24) is 0 Å². The summed E-state index contributed by atoms with van der Waals surface area (Å²) in [5.41, 5.74) is 2.20. The lowest BCUT2D eigenvalue weighted by Crippen LogP contribution is -2.26. The first kappa shape index (κ1) is 14.7. The van der Waals surface area contributed by atoms with Crippen LogP contribution in [0.1, 0.15) is 24.0 Å². The van der Waals surface area contributed by atoms with E-state index in [1.54, 1.807) is 0 Å². The third-order valence-corrected chi connectivity index (χ3v) is 5.45. The van der Waals surface area contributed by atoms with Gasteiger partial charge in [0.25, 0.3) is 0 Å². The molecule has 122 valence electrons. The second kappa shape index (κ2) is 5.72. The molecule has 1 aliphatic rings. The molecule has 0 bridgehead atoms. The van der Waals surface area contributed by atoms with Crippen molar-refractivity contribution in [3.63, 3.8) is 0 Å². The monoisotopic (exact) mass is 324 g/mol. The Bertz CT molecular complexity index is 976. The van der Waals surface area contributed by atoms with Gasteiger partial charge in [-0.25, -0.2) is 0 Å². The minimum atomic E-state index is -0.325. The van der Waals surface area contributed by atoms with E-state index < -0.39 is 0 Å². The Balaban J connectivity index is 1.71. The molecule has 1 nitrogen and oxygen atoms in total. The topological polar surface area (TPSA) is 9.23 Å². The number of ether oxygens (including phenoxy) is 1. The summed E-state index contributed by atoms with van der Waals surface area (Å²) >= 11 is 0. The van der Waals surface area contributed by atoms with Crippen molar-refractivity contribution in [2.45, 2.75) is 18.4 Å². The van der Waals surface area contributed by atoms with Crippen LogP contribution >= 0.6 is 0 Å². The van der Waals surface area contributed by atoms with Crippen molar-refractivity contribution in [3.8, 4) is 0 Å². The molecule has 0 aliphatic carbocycles. The van der Waals surface area contributed by atoms with Crippen LogP contribution in [0.2, 0.25) is 0 Å². The Morgan fingerprint density at radius 1 is 0.600 bits per heavy atom. The van der Waals surface area contributed by atoms with E-state index in [0.29, 0.717) is 0 Å². The van der Waals surface area contributed by atoms with Crippen molar-refractivity contribution in [1.29, 1.82) is 0 Å². The lowest BCUT2D eigenvalue weighted by Gasteiger charge is -2.30. The molecule has 0 saturated carbocycles. The van der Waals surface area contributed by atoms with Gasteiger partial charge in [-0.3, -0.25) is 0 Å². The van der Waals surface area contributed by atoms with E-state index in [1.807, 2.05) is 0 Å². The molecule has 5 rings (SSSR count). The van der Waals surface area contributed by atoms with Gasteiger partial charge >= 0.3 is 0 Å². The Labute approximate surface area is 147 Å². The number of benzene rings is 4. The third kappa shape index (κ3) is 2.35. The highest BCUT2D eigenvalue weighted by Crippen LogP contribution is 2.43. The van der Waals surface area contributed by atoms with Crippen molar-refractivity contribution in [3.05, 3.63) is 96.1 Å². The molecular weight excluding hydrogens is 304 g/mol. The third-order valence-electron chi connectivity index (χ3n) is 5.45. The van der Waals surface area contributed by atoms with Gasteiger partial charge in [-0.1, -0.05) is 72.8 Å². The van der Waals surface area contributed by atoms with Gasteiger partial charge in [0.1, 0.15) is 5.60 Å². The molecule has 4 aromatic carbocycles. The van der Waals surface area contributed by atoms with E-state index in [-0.39, 0.29) is 5.60 Å². The van der Waals surface area contributed by atoms with Crippen LogP contribution < -0.4 is 0 Å². The number of rotatable bonds is 2. The number of hydrogen-bond acceptors (Lipinski definition) is 1. The van der Waals surface area contributed by atoms with E-state index in [9.17, 15) is 0 Å². The number of fused-ring (bicyclic) bond motifs is 2. The maximum Gasteiger partial charge on any atom is 0.118 e. The van der Waals surface area contributed by atoms with Gasteiger partial charge in [-0.15, -0.1) is 0 Å². The van der Waals surface area contributed by atoms with E-state index in [1.165, 1.54) is 32.7 Å². The van der Waals surface area contributed by atoms with Crippen LogP contribution in [0.4, 0.5) is 0 Å². The van der Waals surface area contributed by atoms with E-state index in [0.717, 1.165) is 19.4 Å². The molecule has 0 spiro atoms. The average molecular weight is 324 g/mol. The van der Waals surface area contributed by atoms with Crippen LogP contribution in [-0.2, 0) is 10.3 Å². The fraction of sp³-hybridized carbons (Fsp3) is 0.167. The largest absolute Gasteiger partial charge is 0.366 e. The molecule has 4 aromatic rings. The second-order valence-corrected chi connectivity index (χ2v) is 6.90. The van der Waals surface area contributed by atoms with E-state index >= 15 is 0 Å². The van der Waals surface area contributed by atoms with Gasteiger partial charge in [0.15, 0.2) is 0 Å². The summed E-state index contributed by atoms with van der Waals surface area (Å²) in [5, 5.41) is 5.10. The first-order valence-electron chi connectivity index (χ1n) is 8.98. The van der Waals surface area contributed by atoms with Crippen molar-refractivity contribution >= 4 is 21.5 Å². The van der Waals surface area contributed by atoms with Gasteiger partial charge in [0.2, 0.25) is 0 Å². The molecule has 0 N–H and O–H groups in total. The first-order chi connectivity index (χ1) is 12.4. The Kier molecular flexibility index (Phi) is 3.36. The predicted octanol–water partition coefficient (Wildman–Crippen LogP) is 6.05. The predicted molar refractivity (Wildman–Crippen MR) is 104 cm³/mol. The average Bonchev–Trinajstić information content (AvgIpc) is 3.18. The summed E-state index contributed by atoms with van der Waals surface area (Å²) in [4.78, 5) is 0. The van der Waals surface area contributed by atoms with E-state index in [2.05, 4.69) is 84.9 Å². The Morgan fingerprint density at radius 3 is 1.60 bits per heavy atom. The second-order valence-electron chi connectivity index (χ2n) is 6.90. The molecule has 0 unspecified atom stereocenters. The van der Waals surface area contributed by atoms with Crippen molar-refractivity contribution in [2.75, 3.05) is 6.61 Å². The van der Waals surface area contributed by atoms with Crippen LogP contribution in [0.3, 0.4) is 0 Å². The fourth-order valence-corrected chi connectivity index (χ4v) is 4.14. The highest BCUT2D eigenvalue weighted by atomic mass is 16.5. The molecule has 25 heavy (non-hydrogen) atoms. The van der Waals surface area contributed by atoms with Crippen molar-refractivity contribution < 1.29 is 4.74 Å². The molecule has 1 saturated heterocycles. The van der Waals surface area contributed by atoms with Crippen LogP contribution in [0.15, 0.2) is 84.9 Å². The van der Waals surface area contributed by atoms with Gasteiger partial charge < -0.3 is 4.74 Å². The van der Waals surface area contributed by atoms with Crippen LogP contribution in [0.25, 0.3) is 21.5 Å². The molecular formula is C24H20O. The van der Waals surface area contributed by atoms with Gasteiger partial charge in [-0.2, -0.15) is 0 Å². The fourth-order valence-electron chi connectivity index (χ4n) is 4.14. The Hall–Kier alpha value is -2.64. The molecule has 0 radical (unpaired) electrons. The van der Waals surface area contributed by atoms with Gasteiger partial charge in [-0.05, 0) is 57.6 Å². The summed E-state index contributed by atoms with van der Waals surface area (Å²) in [6, 6.07) is 30.6. The zero-order valence-electron chi connectivity index (χ0n) is 14.1. The van der Waals surface area contributed by atoms with Crippen LogP contribution in [0.5, 0.6) is 0 Å². The maximum absolute atomic E-state index is 6.41. The normalized spacial score (nSPS) is 16.5. The highest BCUT2D eigenvalue weighted by molar-refractivity contribution is 5.85. The lowest BCUT2D eigenvalue weighted by molar-refractivity contribution is 0.0362. The minimum absolute atomic E-state index is 0.325. The molecule has 0 amide bonds. The highest BCUT2D eigenvalue weighted by Gasteiger charge is 2.39. The maximum atomic E-state index is 6.41. The van der Waals surface area contributed by atoms with Crippen molar-refractivity contribution in [2.24, 2.45) is 0 Å². The van der Waals surface area contributed by atoms with Crippen LogP contribution in [0, 0.1) is 0 Å². The van der Waals surface area contributed by atoms with Gasteiger partial charge in [0, 0.05) is 6.61 Å². The molecule has 1 heteroatoms. The summed E-state index contributed by atoms with van der Waals surface area (Å²) in [6.45, 7) is 0.819. The zero-order chi connectivity index (χ0) is 16.7. The molecule has 0 atom stereocenters. The summed E-state index contributed by atoms with van der Waals surface area (Å²) in [7, 11) is 0. The molecule has 1 fully saturated rings. The summed E-state index contributed by atoms with van der Waals surface area (Å²) in [5.74, 6) is 0. The first-order valence-corrected chi connectivity index (χ1v) is 8.98. The molecule has 1 aliphatic heterocycles. The zero-order valence-corrected chi connectivity index (χ0v) is 14.1. The quantitative estimate of drug-likeness (QED) is 0.436. The number of hydrogen-bond donors (Lipinski definition) is 0. The standard InChI is InChI=1S/C24H20O/c1-3-8-20-16-22(12-10-18(20)6-1)24(14-5-15-25-24)23-13-11-19-7-2-4-9-21(19)17-23/h1-4,6-13,16-17H,5,14-15H2. The molecule has 1 heterocycles. The molecule has 0 aromatic heterocycles. The lowest BCUT2D eigenvalue weighted by atomic mass is 9.82. The smallest absolute Gasteiger partial charge is 0.118 e. The summed E-state index contributed by atoms with van der Waals surface area (Å²) in [6.07, 6.45) is 2.13.